The minimum absolute atomic E-state index is 0.150. The summed E-state index contributed by atoms with van der Waals surface area (Å²) in [4.78, 5) is 6.76. The van der Waals surface area contributed by atoms with Crippen LogP contribution in [0.1, 0.15) is 40.2 Å². The third-order valence-electron chi connectivity index (χ3n) is 2.72. The Balaban J connectivity index is 2.62. The lowest BCUT2D eigenvalue weighted by molar-refractivity contribution is 0.424. The smallest absolute Gasteiger partial charge is 0.128 e. The molecule has 1 rings (SSSR count). The van der Waals surface area contributed by atoms with Gasteiger partial charge in [-0.25, -0.2) is 4.98 Å². The molecule has 3 nitrogen and oxygen atoms in total. The predicted octanol–water partition coefficient (Wildman–Crippen LogP) is 2.82. The van der Waals surface area contributed by atoms with Crippen LogP contribution in [0, 0.1) is 0 Å². The van der Waals surface area contributed by atoms with Crippen molar-refractivity contribution in [2.24, 2.45) is 0 Å². The number of nitrogens with one attached hydrogen (secondary N) is 1. The summed E-state index contributed by atoms with van der Waals surface area (Å²) in [5.41, 5.74) is 1.38. The van der Waals surface area contributed by atoms with Crippen LogP contribution < -0.4 is 10.2 Å². The van der Waals surface area contributed by atoms with Crippen molar-refractivity contribution < 1.29 is 0 Å². The summed E-state index contributed by atoms with van der Waals surface area (Å²) in [6, 6.07) is 4.26. The van der Waals surface area contributed by atoms with Gasteiger partial charge in [-0.05, 0) is 46.2 Å². The molecule has 0 aliphatic rings. The van der Waals surface area contributed by atoms with Crippen molar-refractivity contribution in [1.82, 2.24) is 10.3 Å². The van der Waals surface area contributed by atoms with Crippen LogP contribution in [0.25, 0.3) is 0 Å². The molecule has 1 N–H and O–H groups in total. The fourth-order valence-corrected chi connectivity index (χ4v) is 1.62. The van der Waals surface area contributed by atoms with E-state index in [1.165, 1.54) is 5.56 Å². The van der Waals surface area contributed by atoms with Crippen molar-refractivity contribution >= 4 is 5.82 Å². The van der Waals surface area contributed by atoms with E-state index in [0.717, 1.165) is 25.5 Å². The number of rotatable bonds is 5. The number of anilines is 1. The maximum absolute atomic E-state index is 4.51. The molecule has 0 amide bonds. The Bertz CT molecular complexity index is 320. The van der Waals surface area contributed by atoms with Gasteiger partial charge in [0.25, 0.3) is 0 Å². The fourth-order valence-electron chi connectivity index (χ4n) is 1.62. The number of nitrogens with zero attached hydrogens (tertiary/aromatic N) is 2. The summed E-state index contributed by atoms with van der Waals surface area (Å²) in [6.45, 7) is 13.7. The van der Waals surface area contributed by atoms with Gasteiger partial charge in [0.2, 0.25) is 0 Å². The first-order valence-corrected chi connectivity index (χ1v) is 6.41. The second-order valence-corrected chi connectivity index (χ2v) is 5.30. The summed E-state index contributed by atoms with van der Waals surface area (Å²) in [6.07, 6.45) is 1.96. The Morgan fingerprint density at radius 3 is 2.24 bits per heavy atom. The van der Waals surface area contributed by atoms with Gasteiger partial charge in [-0.2, -0.15) is 0 Å². The Hall–Kier alpha value is -1.09. The number of hydrogen-bond acceptors (Lipinski definition) is 3. The molecule has 0 aliphatic carbocycles. The van der Waals surface area contributed by atoms with E-state index in [1.807, 2.05) is 6.20 Å². The summed E-state index contributed by atoms with van der Waals surface area (Å²) in [5.74, 6) is 1.06. The minimum Gasteiger partial charge on any atom is -0.357 e. The summed E-state index contributed by atoms with van der Waals surface area (Å²) < 4.78 is 0. The van der Waals surface area contributed by atoms with Crippen molar-refractivity contribution in [2.75, 3.05) is 18.0 Å². The highest BCUT2D eigenvalue weighted by atomic mass is 15.2. The highest BCUT2D eigenvalue weighted by Gasteiger charge is 2.08. The van der Waals surface area contributed by atoms with Crippen LogP contribution in [0.5, 0.6) is 0 Å². The second-order valence-electron chi connectivity index (χ2n) is 5.30. The van der Waals surface area contributed by atoms with Gasteiger partial charge in [-0.15, -0.1) is 0 Å². The minimum atomic E-state index is 0.150. The molecular formula is C14H25N3. The number of pyridine rings is 1. The zero-order valence-electron chi connectivity index (χ0n) is 11.7. The molecule has 0 unspecified atom stereocenters. The Kier molecular flexibility index (Phi) is 4.94. The van der Waals surface area contributed by atoms with Gasteiger partial charge >= 0.3 is 0 Å². The third kappa shape index (κ3) is 4.73. The van der Waals surface area contributed by atoms with Crippen molar-refractivity contribution in [3.05, 3.63) is 23.9 Å². The van der Waals surface area contributed by atoms with Crippen LogP contribution >= 0.6 is 0 Å². The van der Waals surface area contributed by atoms with E-state index in [0.29, 0.717) is 0 Å². The molecule has 1 aromatic rings. The summed E-state index contributed by atoms with van der Waals surface area (Å²) in [5, 5.41) is 3.46. The Morgan fingerprint density at radius 2 is 1.82 bits per heavy atom. The number of hydrogen-bond donors (Lipinski definition) is 1. The quantitative estimate of drug-likeness (QED) is 0.850. The molecule has 0 saturated carbocycles. The molecule has 0 atom stereocenters. The summed E-state index contributed by atoms with van der Waals surface area (Å²) >= 11 is 0. The molecule has 0 aromatic carbocycles. The molecule has 0 spiro atoms. The van der Waals surface area contributed by atoms with Gasteiger partial charge < -0.3 is 10.2 Å². The van der Waals surface area contributed by atoms with E-state index in [4.69, 9.17) is 0 Å². The molecule has 1 heterocycles. The van der Waals surface area contributed by atoms with Crippen LogP contribution in [-0.4, -0.2) is 23.6 Å². The first-order valence-electron chi connectivity index (χ1n) is 6.41. The lowest BCUT2D eigenvalue weighted by Crippen LogP contribution is -2.35. The van der Waals surface area contributed by atoms with E-state index in [-0.39, 0.29) is 5.54 Å². The van der Waals surface area contributed by atoms with Crippen molar-refractivity contribution in [3.8, 4) is 0 Å². The normalized spacial score (nSPS) is 11.6. The van der Waals surface area contributed by atoms with E-state index >= 15 is 0 Å². The van der Waals surface area contributed by atoms with Gasteiger partial charge in [0.05, 0.1) is 0 Å². The highest BCUT2D eigenvalue weighted by molar-refractivity contribution is 5.38. The zero-order chi connectivity index (χ0) is 12.9. The fraction of sp³-hybridized carbons (Fsp3) is 0.643. The van der Waals surface area contributed by atoms with Gasteiger partial charge in [-0.1, -0.05) is 6.07 Å². The van der Waals surface area contributed by atoms with E-state index in [2.05, 4.69) is 62.0 Å². The zero-order valence-corrected chi connectivity index (χ0v) is 11.7. The molecule has 1 aromatic heterocycles. The van der Waals surface area contributed by atoms with Crippen LogP contribution in [0.3, 0.4) is 0 Å². The number of aromatic nitrogens is 1. The van der Waals surface area contributed by atoms with Crippen LogP contribution in [0.2, 0.25) is 0 Å². The van der Waals surface area contributed by atoms with Gasteiger partial charge in [0, 0.05) is 31.4 Å². The molecule has 0 saturated heterocycles. The van der Waals surface area contributed by atoms with Crippen LogP contribution in [-0.2, 0) is 6.54 Å². The largest absolute Gasteiger partial charge is 0.357 e. The molecule has 17 heavy (non-hydrogen) atoms. The SMILES string of the molecule is CCN(CC)c1ccc(CNC(C)(C)C)cn1. The standard InChI is InChI=1S/C14H25N3/c1-6-17(7-2)13-9-8-12(10-15-13)11-16-14(3,4)5/h8-10,16H,6-7,11H2,1-5H3. The van der Waals surface area contributed by atoms with Crippen LogP contribution in [0.15, 0.2) is 18.3 Å². The third-order valence-corrected chi connectivity index (χ3v) is 2.72. The average molecular weight is 235 g/mol. The van der Waals surface area contributed by atoms with E-state index in [1.54, 1.807) is 0 Å². The van der Waals surface area contributed by atoms with E-state index < -0.39 is 0 Å². The van der Waals surface area contributed by atoms with Gasteiger partial charge in [-0.3, -0.25) is 0 Å². The molecule has 96 valence electrons. The lowest BCUT2D eigenvalue weighted by atomic mass is 10.1. The van der Waals surface area contributed by atoms with Gasteiger partial charge in [0.1, 0.15) is 5.82 Å². The topological polar surface area (TPSA) is 28.2 Å². The van der Waals surface area contributed by atoms with Crippen LogP contribution in [0.4, 0.5) is 5.82 Å². The first-order chi connectivity index (χ1) is 7.96. The molecular weight excluding hydrogens is 210 g/mol. The average Bonchev–Trinajstić information content (AvgIpc) is 2.29. The van der Waals surface area contributed by atoms with Crippen molar-refractivity contribution in [1.29, 1.82) is 0 Å². The molecule has 3 heteroatoms. The Morgan fingerprint density at radius 1 is 1.18 bits per heavy atom. The van der Waals surface area contributed by atoms with E-state index in [9.17, 15) is 0 Å². The maximum Gasteiger partial charge on any atom is 0.128 e. The first kappa shape index (κ1) is 14.0. The highest BCUT2D eigenvalue weighted by Crippen LogP contribution is 2.11. The second kappa shape index (κ2) is 6.01. The van der Waals surface area contributed by atoms with Gasteiger partial charge in [0.15, 0.2) is 0 Å². The molecule has 0 radical (unpaired) electrons. The maximum atomic E-state index is 4.51. The predicted molar refractivity (Wildman–Crippen MR) is 74.4 cm³/mol. The lowest BCUT2D eigenvalue weighted by Gasteiger charge is -2.22. The van der Waals surface area contributed by atoms with Crippen molar-refractivity contribution in [2.45, 2.75) is 46.7 Å². The molecule has 0 fully saturated rings. The monoisotopic (exact) mass is 235 g/mol. The Labute approximate surface area is 105 Å². The molecule has 0 aliphatic heterocycles. The summed E-state index contributed by atoms with van der Waals surface area (Å²) in [7, 11) is 0. The molecule has 0 bridgehead atoms. The van der Waals surface area contributed by atoms with Crippen molar-refractivity contribution in [3.63, 3.8) is 0 Å².